The Balaban J connectivity index is 1.83. The summed E-state index contributed by atoms with van der Waals surface area (Å²) >= 11 is 1.06. The van der Waals surface area contributed by atoms with Crippen LogP contribution in [0.1, 0.15) is 5.56 Å². The highest BCUT2D eigenvalue weighted by Gasteiger charge is 2.33. The standard InChI is InChI=1S/C17H13N3O2S/c21-16-14(23-17(22)20-16)9-12-11-3-1-2-4-13(11)19-15(12)10-5-7-18-8-6-10/h1-8,14,19H,9H2,(H,20,21,22). The van der Waals surface area contributed by atoms with Gasteiger partial charge in [-0.2, -0.15) is 0 Å². The zero-order chi connectivity index (χ0) is 15.8. The van der Waals surface area contributed by atoms with E-state index in [4.69, 9.17) is 0 Å². The largest absolute Gasteiger partial charge is 0.354 e. The van der Waals surface area contributed by atoms with Crippen LogP contribution in [0.25, 0.3) is 22.2 Å². The number of thioether (sulfide) groups is 1. The van der Waals surface area contributed by atoms with Crippen molar-refractivity contribution in [1.29, 1.82) is 0 Å². The van der Waals surface area contributed by atoms with E-state index in [0.717, 1.165) is 39.5 Å². The summed E-state index contributed by atoms with van der Waals surface area (Å²) in [6.45, 7) is 0. The Hall–Kier alpha value is -2.60. The second-order valence-corrected chi connectivity index (χ2v) is 6.52. The van der Waals surface area contributed by atoms with E-state index in [2.05, 4.69) is 15.3 Å². The average Bonchev–Trinajstić information content (AvgIpc) is 3.09. The lowest BCUT2D eigenvalue weighted by atomic mass is 10.0. The van der Waals surface area contributed by atoms with Crippen molar-refractivity contribution in [2.24, 2.45) is 0 Å². The van der Waals surface area contributed by atoms with Crippen LogP contribution >= 0.6 is 11.8 Å². The van der Waals surface area contributed by atoms with Crippen LogP contribution in [-0.2, 0) is 11.2 Å². The number of hydrogen-bond donors (Lipinski definition) is 2. The number of para-hydroxylation sites is 1. The van der Waals surface area contributed by atoms with Gasteiger partial charge in [0.1, 0.15) is 0 Å². The van der Waals surface area contributed by atoms with Gasteiger partial charge in [0.25, 0.3) is 5.24 Å². The van der Waals surface area contributed by atoms with E-state index in [1.807, 2.05) is 36.4 Å². The molecular weight excluding hydrogens is 310 g/mol. The molecule has 3 aromatic rings. The van der Waals surface area contributed by atoms with Crippen LogP contribution in [0.5, 0.6) is 0 Å². The third kappa shape index (κ3) is 2.51. The molecule has 5 nitrogen and oxygen atoms in total. The van der Waals surface area contributed by atoms with E-state index in [1.165, 1.54) is 0 Å². The SMILES string of the molecule is O=C1NC(=O)C(Cc2c(-c3ccncc3)[nH]c3ccccc23)S1. The molecule has 1 aliphatic rings. The summed E-state index contributed by atoms with van der Waals surface area (Å²) in [7, 11) is 0. The summed E-state index contributed by atoms with van der Waals surface area (Å²) in [6, 6.07) is 11.9. The number of aromatic nitrogens is 2. The summed E-state index contributed by atoms with van der Waals surface area (Å²) in [5.41, 5.74) is 4.06. The van der Waals surface area contributed by atoms with Gasteiger partial charge < -0.3 is 4.98 Å². The topological polar surface area (TPSA) is 74.8 Å². The molecule has 2 aromatic heterocycles. The molecule has 0 radical (unpaired) electrons. The summed E-state index contributed by atoms with van der Waals surface area (Å²) in [5, 5.41) is 2.77. The molecule has 23 heavy (non-hydrogen) atoms. The van der Waals surface area contributed by atoms with Crippen molar-refractivity contribution >= 4 is 33.8 Å². The molecule has 1 saturated heterocycles. The number of nitrogens with one attached hydrogen (secondary N) is 2. The van der Waals surface area contributed by atoms with Crippen molar-refractivity contribution in [2.45, 2.75) is 11.7 Å². The third-order valence-corrected chi connectivity index (χ3v) is 4.92. The molecule has 0 bridgehead atoms. The van der Waals surface area contributed by atoms with Gasteiger partial charge in [-0.1, -0.05) is 30.0 Å². The molecule has 0 saturated carbocycles. The first-order chi connectivity index (χ1) is 11.2. The van der Waals surface area contributed by atoms with Crippen LogP contribution in [0.3, 0.4) is 0 Å². The number of hydrogen-bond acceptors (Lipinski definition) is 4. The number of imide groups is 1. The second kappa shape index (κ2) is 5.55. The molecule has 1 unspecified atom stereocenters. The number of aromatic amines is 1. The Bertz CT molecular complexity index is 905. The predicted molar refractivity (Wildman–Crippen MR) is 90.2 cm³/mol. The fraction of sp³-hybridized carbons (Fsp3) is 0.118. The molecule has 114 valence electrons. The highest BCUT2D eigenvalue weighted by atomic mass is 32.2. The number of carbonyl (C=O) groups is 2. The van der Waals surface area contributed by atoms with Crippen LogP contribution in [-0.4, -0.2) is 26.4 Å². The van der Waals surface area contributed by atoms with E-state index in [0.29, 0.717) is 6.42 Å². The molecular formula is C17H13N3O2S. The summed E-state index contributed by atoms with van der Waals surface area (Å²) in [5.74, 6) is -0.217. The summed E-state index contributed by atoms with van der Waals surface area (Å²) < 4.78 is 0. The van der Waals surface area contributed by atoms with Gasteiger partial charge in [-0.3, -0.25) is 19.9 Å². The molecule has 6 heteroatoms. The normalized spacial score (nSPS) is 17.7. The lowest BCUT2D eigenvalue weighted by molar-refractivity contribution is -0.118. The van der Waals surface area contributed by atoms with Crippen molar-refractivity contribution < 1.29 is 9.59 Å². The van der Waals surface area contributed by atoms with Crippen LogP contribution in [0.15, 0.2) is 48.8 Å². The van der Waals surface area contributed by atoms with Gasteiger partial charge in [0, 0.05) is 34.6 Å². The number of amides is 2. The number of H-pyrrole nitrogens is 1. The number of carbonyl (C=O) groups excluding carboxylic acids is 2. The van der Waals surface area contributed by atoms with Gasteiger partial charge >= 0.3 is 0 Å². The van der Waals surface area contributed by atoms with Crippen molar-refractivity contribution in [2.75, 3.05) is 0 Å². The summed E-state index contributed by atoms with van der Waals surface area (Å²) in [6.07, 6.45) is 3.99. The fourth-order valence-corrected chi connectivity index (χ4v) is 3.72. The smallest absolute Gasteiger partial charge is 0.286 e. The van der Waals surface area contributed by atoms with Crippen LogP contribution in [0.4, 0.5) is 4.79 Å². The molecule has 1 aromatic carbocycles. The van der Waals surface area contributed by atoms with E-state index in [-0.39, 0.29) is 16.4 Å². The molecule has 0 spiro atoms. The van der Waals surface area contributed by atoms with Gasteiger partial charge in [0.05, 0.1) is 5.25 Å². The molecule has 1 aliphatic heterocycles. The Morgan fingerprint density at radius 2 is 1.87 bits per heavy atom. The van der Waals surface area contributed by atoms with Crippen molar-refractivity contribution in [3.63, 3.8) is 0 Å². The van der Waals surface area contributed by atoms with Gasteiger partial charge in [0.2, 0.25) is 5.91 Å². The van der Waals surface area contributed by atoms with Gasteiger partial charge in [-0.25, -0.2) is 0 Å². The minimum atomic E-state index is -0.387. The minimum absolute atomic E-state index is 0.217. The highest BCUT2D eigenvalue weighted by Crippen LogP contribution is 2.34. The van der Waals surface area contributed by atoms with Gasteiger partial charge in [-0.05, 0) is 30.2 Å². The maximum atomic E-state index is 11.9. The van der Waals surface area contributed by atoms with Crippen molar-refractivity contribution in [3.05, 3.63) is 54.4 Å². The minimum Gasteiger partial charge on any atom is -0.354 e. The highest BCUT2D eigenvalue weighted by molar-refractivity contribution is 8.15. The molecule has 3 heterocycles. The van der Waals surface area contributed by atoms with E-state index in [9.17, 15) is 9.59 Å². The first-order valence-corrected chi connectivity index (χ1v) is 8.12. The first-order valence-electron chi connectivity index (χ1n) is 7.24. The zero-order valence-electron chi connectivity index (χ0n) is 12.1. The van der Waals surface area contributed by atoms with E-state index in [1.54, 1.807) is 12.4 Å². The Morgan fingerprint density at radius 3 is 2.61 bits per heavy atom. The Labute approximate surface area is 136 Å². The van der Waals surface area contributed by atoms with Crippen molar-refractivity contribution in [1.82, 2.24) is 15.3 Å². The number of fused-ring (bicyclic) bond motifs is 1. The molecule has 0 aliphatic carbocycles. The van der Waals surface area contributed by atoms with Gasteiger partial charge in [-0.15, -0.1) is 0 Å². The zero-order valence-corrected chi connectivity index (χ0v) is 12.9. The van der Waals surface area contributed by atoms with E-state index >= 15 is 0 Å². The molecule has 2 N–H and O–H groups in total. The molecule has 2 amide bonds. The molecule has 4 rings (SSSR count). The van der Waals surface area contributed by atoms with E-state index < -0.39 is 0 Å². The molecule has 1 fully saturated rings. The monoisotopic (exact) mass is 323 g/mol. The number of benzene rings is 1. The maximum absolute atomic E-state index is 11.9. The van der Waals surface area contributed by atoms with Crippen molar-refractivity contribution in [3.8, 4) is 11.3 Å². The predicted octanol–water partition coefficient (Wildman–Crippen LogP) is 3.12. The van der Waals surface area contributed by atoms with Crippen LogP contribution in [0, 0.1) is 0 Å². The third-order valence-electron chi connectivity index (χ3n) is 3.94. The first kappa shape index (κ1) is 14.0. The number of pyridine rings is 1. The lowest BCUT2D eigenvalue weighted by Crippen LogP contribution is -2.25. The summed E-state index contributed by atoms with van der Waals surface area (Å²) in [4.78, 5) is 30.8. The van der Waals surface area contributed by atoms with Crippen LogP contribution in [0.2, 0.25) is 0 Å². The quantitative estimate of drug-likeness (QED) is 0.776. The fourth-order valence-electron chi connectivity index (χ4n) is 2.89. The Kier molecular flexibility index (Phi) is 3.38. The number of nitrogens with zero attached hydrogens (tertiary/aromatic N) is 1. The number of rotatable bonds is 3. The maximum Gasteiger partial charge on any atom is 0.286 e. The average molecular weight is 323 g/mol. The Morgan fingerprint density at radius 1 is 1.09 bits per heavy atom. The second-order valence-electron chi connectivity index (χ2n) is 5.35. The van der Waals surface area contributed by atoms with Crippen LogP contribution < -0.4 is 5.32 Å². The molecule has 1 atom stereocenters. The lowest BCUT2D eigenvalue weighted by Gasteiger charge is -2.08. The van der Waals surface area contributed by atoms with Gasteiger partial charge in [0.15, 0.2) is 0 Å².